The summed E-state index contributed by atoms with van der Waals surface area (Å²) in [7, 11) is 0. The second-order valence-corrected chi connectivity index (χ2v) is 9.12. The number of carbonyl (C=O) groups excluding carboxylic acids is 1. The Morgan fingerprint density at radius 3 is 2.72 bits per heavy atom. The van der Waals surface area contributed by atoms with Gasteiger partial charge in [-0.25, -0.2) is 13.9 Å². The molecule has 6 rings (SSSR count). The summed E-state index contributed by atoms with van der Waals surface area (Å²) in [6, 6.07) is 2.47. The third kappa shape index (κ3) is 2.51. The van der Waals surface area contributed by atoms with Gasteiger partial charge >= 0.3 is 0 Å². The molecule has 0 N–H and O–H groups in total. The highest BCUT2D eigenvalue weighted by Crippen LogP contribution is 2.54. The Bertz CT molecular complexity index is 1290. The van der Waals surface area contributed by atoms with Crippen molar-refractivity contribution < 1.29 is 13.9 Å². The second kappa shape index (κ2) is 6.59. The number of amides is 1. The molecular weight excluding hydrogens is 413 g/mol. The molecule has 0 aromatic carbocycles. The summed E-state index contributed by atoms with van der Waals surface area (Å²) < 4.78 is 23.4. The summed E-state index contributed by atoms with van der Waals surface area (Å²) in [5, 5.41) is 18.5. The molecule has 9 nitrogen and oxygen atoms in total. The highest BCUT2D eigenvalue weighted by molar-refractivity contribution is 6.04. The van der Waals surface area contributed by atoms with Crippen LogP contribution < -0.4 is 4.90 Å². The molecule has 3 fully saturated rings. The van der Waals surface area contributed by atoms with Crippen molar-refractivity contribution in [2.45, 2.75) is 38.8 Å². The molecule has 10 heteroatoms. The summed E-state index contributed by atoms with van der Waals surface area (Å²) in [5.41, 5.74) is 0.316. The number of hydrogen-bond donors (Lipinski definition) is 0. The Balaban J connectivity index is 1.46. The molecule has 5 heterocycles. The number of halogens is 1. The van der Waals surface area contributed by atoms with E-state index < -0.39 is 11.2 Å². The second-order valence-electron chi connectivity index (χ2n) is 9.12. The Morgan fingerprint density at radius 2 is 2.06 bits per heavy atom. The molecule has 32 heavy (non-hydrogen) atoms. The van der Waals surface area contributed by atoms with Crippen molar-refractivity contribution in [1.29, 1.82) is 5.26 Å². The van der Waals surface area contributed by atoms with Gasteiger partial charge in [0.05, 0.1) is 43.1 Å². The van der Waals surface area contributed by atoms with Crippen LogP contribution in [-0.4, -0.2) is 49.5 Å². The van der Waals surface area contributed by atoms with Crippen molar-refractivity contribution in [3.63, 3.8) is 0 Å². The van der Waals surface area contributed by atoms with Gasteiger partial charge in [0, 0.05) is 24.2 Å². The summed E-state index contributed by atoms with van der Waals surface area (Å²) in [4.78, 5) is 19.7. The fraction of sp³-hybridized carbons (Fsp3) is 0.500. The van der Waals surface area contributed by atoms with E-state index in [1.165, 1.54) is 9.42 Å². The molecule has 1 saturated carbocycles. The Kier molecular flexibility index (Phi) is 3.99. The first-order valence-corrected chi connectivity index (χ1v) is 10.9. The van der Waals surface area contributed by atoms with Gasteiger partial charge in [-0.2, -0.15) is 15.5 Å². The van der Waals surface area contributed by atoms with Gasteiger partial charge in [-0.05, 0) is 25.7 Å². The van der Waals surface area contributed by atoms with Gasteiger partial charge in [0.25, 0.3) is 0 Å². The van der Waals surface area contributed by atoms with Gasteiger partial charge < -0.3 is 4.74 Å². The van der Waals surface area contributed by atoms with Crippen molar-refractivity contribution in [3.8, 4) is 17.3 Å². The number of ether oxygens (including phenoxy) is 1. The van der Waals surface area contributed by atoms with Crippen LogP contribution >= 0.6 is 0 Å². The molecule has 0 radical (unpaired) electrons. The zero-order chi connectivity index (χ0) is 22.2. The van der Waals surface area contributed by atoms with E-state index in [2.05, 4.69) is 16.3 Å². The van der Waals surface area contributed by atoms with Gasteiger partial charge in [-0.15, -0.1) is 0 Å². The normalized spacial score (nSPS) is 30.0. The van der Waals surface area contributed by atoms with E-state index in [0.717, 1.165) is 24.6 Å². The van der Waals surface area contributed by atoms with Gasteiger partial charge in [-0.1, -0.05) is 6.92 Å². The molecule has 3 aromatic heterocycles. The molecule has 1 amide bonds. The minimum absolute atomic E-state index is 0.0545. The average molecular weight is 435 g/mol. The molecule has 0 spiro atoms. The number of rotatable bonds is 4. The maximum Gasteiger partial charge on any atom is 0.249 e. The maximum absolute atomic E-state index is 14.7. The number of hydrogen-bond acceptors (Lipinski definition) is 6. The first-order valence-electron chi connectivity index (χ1n) is 10.9. The van der Waals surface area contributed by atoms with Crippen LogP contribution in [0.4, 0.5) is 10.2 Å². The van der Waals surface area contributed by atoms with Crippen LogP contribution in [0.1, 0.15) is 32.7 Å². The molecule has 3 aromatic rings. The number of nitrogens with zero attached hydrogens (tertiary/aromatic N) is 7. The fourth-order valence-corrected chi connectivity index (χ4v) is 5.09. The fourth-order valence-electron chi connectivity index (χ4n) is 5.09. The van der Waals surface area contributed by atoms with Gasteiger partial charge in [0.15, 0.2) is 11.6 Å². The lowest BCUT2D eigenvalue weighted by atomic mass is 9.75. The van der Waals surface area contributed by atoms with E-state index in [4.69, 9.17) is 9.72 Å². The van der Waals surface area contributed by atoms with Crippen LogP contribution in [0.3, 0.4) is 0 Å². The molecule has 1 aliphatic carbocycles. The van der Waals surface area contributed by atoms with Crippen LogP contribution in [0.2, 0.25) is 0 Å². The number of fused-ring (bicyclic) bond motifs is 1. The quantitative estimate of drug-likeness (QED) is 0.624. The van der Waals surface area contributed by atoms with E-state index in [0.29, 0.717) is 18.8 Å². The van der Waals surface area contributed by atoms with Crippen LogP contribution in [0.15, 0.2) is 24.8 Å². The largest absolute Gasteiger partial charge is 0.374 e. The van der Waals surface area contributed by atoms with Crippen molar-refractivity contribution >= 4 is 17.2 Å². The Morgan fingerprint density at radius 1 is 1.25 bits per heavy atom. The lowest BCUT2D eigenvalue weighted by molar-refractivity contribution is -0.124. The third-order valence-corrected chi connectivity index (χ3v) is 7.24. The Hall–Kier alpha value is -3.32. The smallest absolute Gasteiger partial charge is 0.249 e. The Labute approximate surface area is 183 Å². The van der Waals surface area contributed by atoms with Crippen molar-refractivity contribution in [1.82, 2.24) is 24.4 Å². The van der Waals surface area contributed by atoms with Crippen LogP contribution in [0.25, 0.3) is 16.8 Å². The first kappa shape index (κ1) is 19.4. The number of aromatic nitrogens is 5. The monoisotopic (exact) mass is 435 g/mol. The van der Waals surface area contributed by atoms with Crippen LogP contribution in [0, 0.1) is 34.4 Å². The highest BCUT2D eigenvalue weighted by Gasteiger charge is 2.61. The molecule has 4 atom stereocenters. The minimum atomic E-state index is -1.07. The predicted octanol–water partition coefficient (Wildman–Crippen LogP) is 2.59. The van der Waals surface area contributed by atoms with E-state index in [9.17, 15) is 14.4 Å². The van der Waals surface area contributed by atoms with Crippen molar-refractivity contribution in [2.75, 3.05) is 18.1 Å². The molecule has 3 aliphatic rings. The first-order chi connectivity index (χ1) is 15.4. The van der Waals surface area contributed by atoms with Crippen molar-refractivity contribution in [2.24, 2.45) is 17.3 Å². The van der Waals surface area contributed by atoms with E-state index in [1.54, 1.807) is 12.4 Å². The topological polar surface area (TPSA) is 101 Å². The van der Waals surface area contributed by atoms with Crippen LogP contribution in [-0.2, 0) is 9.53 Å². The zero-order valence-corrected chi connectivity index (χ0v) is 17.8. The average Bonchev–Trinajstić information content (AvgIpc) is 3.31. The zero-order valence-electron chi connectivity index (χ0n) is 17.8. The predicted molar refractivity (Wildman–Crippen MR) is 111 cm³/mol. The molecule has 2 saturated heterocycles. The summed E-state index contributed by atoms with van der Waals surface area (Å²) in [6.07, 6.45) is 8.13. The summed E-state index contributed by atoms with van der Waals surface area (Å²) >= 11 is 0. The standard InChI is InChI=1S/C22H22FN7O2/c1-12-7-28(21(31)22(12,11-24)15-3-4-15)20-19-16(23)6-26-30(19)9-17(27-20)14-5-25-29(8-14)18-10-32-13(18)2/h5-6,8-9,12-13,15,18H,3-4,7,10H2,1-2H3/t12-,13+,18+,22+/m1/s1. The number of anilines is 1. The van der Waals surface area contributed by atoms with Crippen molar-refractivity contribution in [3.05, 3.63) is 30.6 Å². The number of carbonyl (C=O) groups is 1. The maximum atomic E-state index is 14.7. The molecular formula is C22H22FN7O2. The SMILES string of the molecule is C[C@@H]1OC[C@@H]1n1cc(-c2cn3ncc(F)c3c(N3C[C@@H](C)[C@@](C#N)(C4CC4)C3=O)n2)cn1. The highest BCUT2D eigenvalue weighted by atomic mass is 19.1. The molecule has 2 aliphatic heterocycles. The van der Waals surface area contributed by atoms with E-state index in [1.807, 2.05) is 24.7 Å². The van der Waals surface area contributed by atoms with E-state index in [-0.39, 0.29) is 41.2 Å². The number of nitriles is 1. The minimum Gasteiger partial charge on any atom is -0.374 e. The molecule has 164 valence electrons. The third-order valence-electron chi connectivity index (χ3n) is 7.24. The van der Waals surface area contributed by atoms with Gasteiger partial charge in [0.2, 0.25) is 5.91 Å². The van der Waals surface area contributed by atoms with E-state index >= 15 is 0 Å². The lowest BCUT2D eigenvalue weighted by Gasteiger charge is -2.34. The summed E-state index contributed by atoms with van der Waals surface area (Å²) in [6.45, 7) is 4.82. The van der Waals surface area contributed by atoms with Crippen LogP contribution in [0.5, 0.6) is 0 Å². The van der Waals surface area contributed by atoms with Gasteiger partial charge in [-0.3, -0.25) is 14.4 Å². The summed E-state index contributed by atoms with van der Waals surface area (Å²) in [5.74, 6) is -0.777. The molecule has 0 unspecified atom stereocenters. The molecule has 0 bridgehead atoms. The van der Waals surface area contributed by atoms with Gasteiger partial charge in [0.1, 0.15) is 17.0 Å². The lowest BCUT2D eigenvalue weighted by Crippen LogP contribution is -2.39.